The van der Waals surface area contributed by atoms with Crippen LogP contribution in [0.1, 0.15) is 27.8 Å². The van der Waals surface area contributed by atoms with Gasteiger partial charge in [-0.05, 0) is 59.7 Å². The zero-order chi connectivity index (χ0) is 27.7. The SMILES string of the molecule is Cc1cc(C)cc(-n2c(O)c(/C(=N\NC(=O)Cn3cnnn3)c3ccccc3)c3ccc(C(F)(F)F)cc32)c1. The van der Waals surface area contributed by atoms with Crippen molar-refractivity contribution in [2.75, 3.05) is 0 Å². The highest BCUT2D eigenvalue weighted by atomic mass is 19.4. The molecule has 39 heavy (non-hydrogen) atoms. The lowest BCUT2D eigenvalue weighted by molar-refractivity contribution is -0.137. The maximum absolute atomic E-state index is 13.7. The van der Waals surface area contributed by atoms with Gasteiger partial charge in [-0.25, -0.2) is 10.1 Å². The summed E-state index contributed by atoms with van der Waals surface area (Å²) in [4.78, 5) is 12.6. The summed E-state index contributed by atoms with van der Waals surface area (Å²) < 4.78 is 43.7. The second-order valence-electron chi connectivity index (χ2n) is 8.98. The molecule has 0 spiro atoms. The fraction of sp³-hybridized carbons (Fsp3) is 0.148. The van der Waals surface area contributed by atoms with Crippen molar-refractivity contribution in [2.24, 2.45) is 5.10 Å². The molecule has 198 valence electrons. The van der Waals surface area contributed by atoms with Crippen LogP contribution in [0, 0.1) is 13.8 Å². The summed E-state index contributed by atoms with van der Waals surface area (Å²) in [5.41, 5.74) is 4.77. The molecule has 0 radical (unpaired) electrons. The van der Waals surface area contributed by atoms with Crippen molar-refractivity contribution < 1.29 is 23.1 Å². The van der Waals surface area contributed by atoms with E-state index in [1.54, 1.807) is 42.5 Å². The van der Waals surface area contributed by atoms with Crippen molar-refractivity contribution in [1.29, 1.82) is 0 Å². The number of amides is 1. The number of nitrogens with one attached hydrogen (secondary N) is 1. The molecule has 1 amide bonds. The summed E-state index contributed by atoms with van der Waals surface area (Å²) >= 11 is 0. The first-order chi connectivity index (χ1) is 18.6. The largest absolute Gasteiger partial charge is 0.494 e. The number of carbonyl (C=O) groups excluding carboxylic acids is 1. The highest BCUT2D eigenvalue weighted by molar-refractivity contribution is 6.21. The molecule has 0 unspecified atom stereocenters. The molecule has 5 aromatic rings. The van der Waals surface area contributed by atoms with Crippen LogP contribution in [0.2, 0.25) is 0 Å². The van der Waals surface area contributed by atoms with Crippen LogP contribution in [-0.4, -0.2) is 41.5 Å². The molecule has 5 rings (SSSR count). The Bertz CT molecular complexity index is 1670. The number of hydrogen-bond acceptors (Lipinski definition) is 6. The lowest BCUT2D eigenvalue weighted by Crippen LogP contribution is -2.25. The number of aryl methyl sites for hydroxylation is 2. The number of alkyl halides is 3. The van der Waals surface area contributed by atoms with Crippen molar-refractivity contribution in [3.8, 4) is 11.6 Å². The number of nitrogens with zero attached hydrogens (tertiary/aromatic N) is 6. The van der Waals surface area contributed by atoms with Crippen molar-refractivity contribution >= 4 is 22.5 Å². The van der Waals surface area contributed by atoms with Crippen LogP contribution < -0.4 is 5.43 Å². The maximum Gasteiger partial charge on any atom is 0.416 e. The predicted octanol–water partition coefficient (Wildman–Crippen LogP) is 4.53. The van der Waals surface area contributed by atoms with E-state index >= 15 is 0 Å². The molecule has 0 saturated carbocycles. The smallest absolute Gasteiger partial charge is 0.416 e. The first-order valence-corrected chi connectivity index (χ1v) is 11.8. The van der Waals surface area contributed by atoms with Crippen molar-refractivity contribution in [3.63, 3.8) is 0 Å². The summed E-state index contributed by atoms with van der Waals surface area (Å²) in [6.45, 7) is 3.50. The molecule has 2 heterocycles. The van der Waals surface area contributed by atoms with Gasteiger partial charge in [0.1, 0.15) is 18.6 Å². The Morgan fingerprint density at radius 3 is 2.38 bits per heavy atom. The number of aromatic nitrogens is 5. The van der Waals surface area contributed by atoms with Crippen molar-refractivity contribution in [3.05, 3.63) is 101 Å². The van der Waals surface area contributed by atoms with Gasteiger partial charge < -0.3 is 5.11 Å². The third kappa shape index (κ3) is 5.21. The van der Waals surface area contributed by atoms with Crippen LogP contribution >= 0.6 is 0 Å². The monoisotopic (exact) mass is 533 g/mol. The maximum atomic E-state index is 13.7. The molecule has 0 aliphatic rings. The molecule has 0 fully saturated rings. The van der Waals surface area contributed by atoms with Crippen LogP contribution in [0.15, 0.2) is 78.2 Å². The molecule has 0 aliphatic heterocycles. The topological polar surface area (TPSA) is 110 Å². The minimum Gasteiger partial charge on any atom is -0.494 e. The van der Waals surface area contributed by atoms with Gasteiger partial charge in [0.2, 0.25) is 5.88 Å². The van der Waals surface area contributed by atoms with Gasteiger partial charge in [0.15, 0.2) is 0 Å². The minimum atomic E-state index is -4.60. The normalized spacial score (nSPS) is 12.2. The predicted molar refractivity (Wildman–Crippen MR) is 137 cm³/mol. The Kier molecular flexibility index (Phi) is 6.60. The quantitative estimate of drug-likeness (QED) is 0.246. The van der Waals surface area contributed by atoms with Crippen molar-refractivity contribution in [1.82, 2.24) is 30.2 Å². The van der Waals surface area contributed by atoms with Gasteiger partial charge in [-0.1, -0.05) is 42.5 Å². The molecule has 2 N–H and O–H groups in total. The molecular formula is C27H22F3N7O2. The average molecular weight is 534 g/mol. The number of hydrazone groups is 1. The Hall–Kier alpha value is -5.00. The van der Waals surface area contributed by atoms with Crippen molar-refractivity contribution in [2.45, 2.75) is 26.6 Å². The zero-order valence-electron chi connectivity index (χ0n) is 20.8. The van der Waals surface area contributed by atoms with E-state index in [2.05, 4.69) is 26.1 Å². The van der Waals surface area contributed by atoms with E-state index in [0.29, 0.717) is 16.6 Å². The van der Waals surface area contributed by atoms with Gasteiger partial charge in [-0.3, -0.25) is 9.36 Å². The van der Waals surface area contributed by atoms with Crippen LogP contribution in [0.25, 0.3) is 16.6 Å². The molecule has 0 bridgehead atoms. The van der Waals surface area contributed by atoms with Crippen LogP contribution in [0.5, 0.6) is 5.88 Å². The fourth-order valence-corrected chi connectivity index (χ4v) is 4.44. The Morgan fingerprint density at radius 2 is 1.74 bits per heavy atom. The summed E-state index contributed by atoms with van der Waals surface area (Å²) in [6.07, 6.45) is -3.33. The summed E-state index contributed by atoms with van der Waals surface area (Å²) in [5, 5.41) is 26.8. The number of aromatic hydroxyl groups is 1. The lowest BCUT2D eigenvalue weighted by atomic mass is 10.0. The van der Waals surface area contributed by atoms with Crippen LogP contribution in [0.4, 0.5) is 13.2 Å². The van der Waals surface area contributed by atoms with Gasteiger partial charge in [0.05, 0.1) is 16.6 Å². The Labute approximate surface area is 220 Å². The van der Waals surface area contributed by atoms with Gasteiger partial charge in [0.25, 0.3) is 5.91 Å². The minimum absolute atomic E-state index is 0.131. The second kappa shape index (κ2) is 10.0. The molecular weight excluding hydrogens is 511 g/mol. The first kappa shape index (κ1) is 25.6. The van der Waals surface area contributed by atoms with E-state index in [-0.39, 0.29) is 29.2 Å². The van der Waals surface area contributed by atoms with E-state index in [1.807, 2.05) is 19.9 Å². The molecule has 9 nitrogen and oxygen atoms in total. The van der Waals surface area contributed by atoms with E-state index in [1.165, 1.54) is 21.6 Å². The molecule has 2 aromatic heterocycles. The number of carbonyl (C=O) groups is 1. The number of tetrazole rings is 1. The number of rotatable bonds is 6. The standard InChI is InChI=1S/C27H22F3N7O2/c1-16-10-17(2)12-20(11-16)37-22-13-19(27(28,29)30)8-9-21(22)24(26(37)39)25(18-6-4-3-5-7-18)33-32-23(38)14-36-15-31-34-35-36/h3-13,15,39H,14H2,1-2H3,(H,32,38)/b33-25-. The van der Waals surface area contributed by atoms with Gasteiger partial charge in [0, 0.05) is 16.6 Å². The molecule has 0 saturated heterocycles. The highest BCUT2D eigenvalue weighted by Crippen LogP contribution is 2.39. The van der Waals surface area contributed by atoms with Crippen LogP contribution in [0.3, 0.4) is 0 Å². The van der Waals surface area contributed by atoms with Crippen LogP contribution in [-0.2, 0) is 17.5 Å². The van der Waals surface area contributed by atoms with E-state index in [9.17, 15) is 23.1 Å². The lowest BCUT2D eigenvalue weighted by Gasteiger charge is -2.12. The Morgan fingerprint density at radius 1 is 1.03 bits per heavy atom. The summed E-state index contributed by atoms with van der Waals surface area (Å²) in [5.74, 6) is -0.876. The average Bonchev–Trinajstić information content (AvgIpc) is 3.49. The van der Waals surface area contributed by atoms with E-state index in [0.717, 1.165) is 23.3 Å². The number of benzene rings is 3. The zero-order valence-corrected chi connectivity index (χ0v) is 20.8. The molecule has 12 heteroatoms. The van der Waals surface area contributed by atoms with E-state index < -0.39 is 17.6 Å². The number of hydrogen-bond donors (Lipinski definition) is 2. The van der Waals surface area contributed by atoms with Gasteiger partial charge in [-0.2, -0.15) is 18.3 Å². The number of fused-ring (bicyclic) bond motifs is 1. The fourth-order valence-electron chi connectivity index (χ4n) is 4.44. The summed E-state index contributed by atoms with van der Waals surface area (Å²) in [7, 11) is 0. The molecule has 3 aromatic carbocycles. The summed E-state index contributed by atoms with van der Waals surface area (Å²) in [6, 6.07) is 17.4. The van der Waals surface area contributed by atoms with Gasteiger partial charge >= 0.3 is 6.18 Å². The highest BCUT2D eigenvalue weighted by Gasteiger charge is 2.32. The van der Waals surface area contributed by atoms with Gasteiger partial charge in [-0.15, -0.1) is 5.10 Å². The third-order valence-electron chi connectivity index (χ3n) is 6.01. The number of halogens is 3. The molecule has 0 aliphatic carbocycles. The second-order valence-corrected chi connectivity index (χ2v) is 8.98. The third-order valence-corrected chi connectivity index (χ3v) is 6.01. The Balaban J connectivity index is 1.74. The molecule has 0 atom stereocenters. The van der Waals surface area contributed by atoms with E-state index in [4.69, 9.17) is 0 Å². The first-order valence-electron chi connectivity index (χ1n) is 11.8.